The molecule has 3 N–H and O–H groups in total. The summed E-state index contributed by atoms with van der Waals surface area (Å²) in [5.74, 6) is 6.18. The van der Waals surface area contributed by atoms with E-state index in [1.54, 1.807) is 12.1 Å². The van der Waals surface area contributed by atoms with Gasteiger partial charge in [0.25, 0.3) is 0 Å². The zero-order chi connectivity index (χ0) is 14.0. The third-order valence-corrected chi connectivity index (χ3v) is 3.12. The van der Waals surface area contributed by atoms with E-state index >= 15 is 0 Å². The maximum absolute atomic E-state index is 10.2. The summed E-state index contributed by atoms with van der Waals surface area (Å²) in [5, 5.41) is 10.2. The Bertz CT molecular complexity index is 571. The minimum atomic E-state index is -0.151. The lowest BCUT2D eigenvalue weighted by molar-refractivity contribution is 0.323. The van der Waals surface area contributed by atoms with E-state index in [4.69, 9.17) is 10.7 Å². The van der Waals surface area contributed by atoms with Gasteiger partial charge in [0.15, 0.2) is 5.75 Å². The van der Waals surface area contributed by atoms with Gasteiger partial charge in [0.05, 0.1) is 0 Å². The SMILES string of the molecule is CC(C)(C)c1cc(O)c(-c2ccccc2)cc1ON. The number of phenolic OH excluding ortho intramolecular Hbond substituents is 1. The number of hydrogen-bond donors (Lipinski definition) is 2. The van der Waals surface area contributed by atoms with Crippen LogP contribution in [0.3, 0.4) is 0 Å². The molecular weight excluding hydrogens is 238 g/mol. The summed E-state index contributed by atoms with van der Waals surface area (Å²) in [6, 6.07) is 13.2. The largest absolute Gasteiger partial charge is 0.507 e. The van der Waals surface area contributed by atoms with Crippen molar-refractivity contribution >= 4 is 0 Å². The molecule has 19 heavy (non-hydrogen) atoms. The first-order valence-electron chi connectivity index (χ1n) is 6.23. The summed E-state index contributed by atoms with van der Waals surface area (Å²) in [7, 11) is 0. The zero-order valence-corrected chi connectivity index (χ0v) is 11.5. The maximum atomic E-state index is 10.2. The van der Waals surface area contributed by atoms with Crippen LogP contribution in [0.4, 0.5) is 0 Å². The molecule has 0 spiro atoms. The third kappa shape index (κ3) is 2.71. The molecule has 0 heterocycles. The van der Waals surface area contributed by atoms with Crippen LogP contribution in [0.1, 0.15) is 26.3 Å². The van der Waals surface area contributed by atoms with Gasteiger partial charge in [-0.05, 0) is 23.1 Å². The van der Waals surface area contributed by atoms with Crippen molar-refractivity contribution in [1.29, 1.82) is 0 Å². The van der Waals surface area contributed by atoms with Gasteiger partial charge in [-0.15, -0.1) is 0 Å². The van der Waals surface area contributed by atoms with E-state index in [0.717, 1.165) is 11.1 Å². The second-order valence-electron chi connectivity index (χ2n) is 5.60. The number of nitrogens with two attached hydrogens (primary N) is 1. The summed E-state index contributed by atoms with van der Waals surface area (Å²) in [5.41, 5.74) is 2.38. The van der Waals surface area contributed by atoms with Crippen LogP contribution in [0.25, 0.3) is 11.1 Å². The van der Waals surface area contributed by atoms with E-state index in [1.165, 1.54) is 0 Å². The van der Waals surface area contributed by atoms with Crippen LogP contribution in [0, 0.1) is 0 Å². The van der Waals surface area contributed by atoms with Crippen molar-refractivity contribution in [3.05, 3.63) is 48.0 Å². The highest BCUT2D eigenvalue weighted by Crippen LogP contribution is 2.39. The van der Waals surface area contributed by atoms with Crippen LogP contribution in [0.5, 0.6) is 11.5 Å². The standard InChI is InChI=1S/C16H19NO2/c1-16(2,3)13-10-14(18)12(9-15(13)19-17)11-7-5-4-6-8-11/h4-10,18H,17H2,1-3H3. The lowest BCUT2D eigenvalue weighted by Crippen LogP contribution is -2.15. The van der Waals surface area contributed by atoms with Crippen molar-refractivity contribution in [3.8, 4) is 22.6 Å². The Morgan fingerprint density at radius 1 is 1.05 bits per heavy atom. The van der Waals surface area contributed by atoms with Gasteiger partial charge < -0.3 is 9.94 Å². The summed E-state index contributed by atoms with van der Waals surface area (Å²) < 4.78 is 0. The highest BCUT2D eigenvalue weighted by molar-refractivity contribution is 5.73. The average molecular weight is 257 g/mol. The van der Waals surface area contributed by atoms with Crippen molar-refractivity contribution in [2.45, 2.75) is 26.2 Å². The van der Waals surface area contributed by atoms with Gasteiger partial charge in [-0.3, -0.25) is 0 Å². The van der Waals surface area contributed by atoms with Crippen LogP contribution in [-0.4, -0.2) is 5.11 Å². The van der Waals surface area contributed by atoms with Gasteiger partial charge in [0.2, 0.25) is 0 Å². The number of benzene rings is 2. The van der Waals surface area contributed by atoms with Crippen LogP contribution in [0.2, 0.25) is 0 Å². The minimum absolute atomic E-state index is 0.151. The van der Waals surface area contributed by atoms with Crippen molar-refractivity contribution in [2.24, 2.45) is 5.90 Å². The van der Waals surface area contributed by atoms with E-state index in [9.17, 15) is 5.11 Å². The Kier molecular flexibility index (Phi) is 3.49. The smallest absolute Gasteiger partial charge is 0.151 e. The molecule has 2 rings (SSSR count). The first-order valence-corrected chi connectivity index (χ1v) is 6.23. The molecule has 0 amide bonds. The fourth-order valence-corrected chi connectivity index (χ4v) is 2.10. The monoisotopic (exact) mass is 257 g/mol. The van der Waals surface area contributed by atoms with Gasteiger partial charge in [-0.2, -0.15) is 5.90 Å². The number of phenols is 1. The molecule has 0 atom stereocenters. The number of rotatable bonds is 2. The fourth-order valence-electron chi connectivity index (χ4n) is 2.10. The Morgan fingerprint density at radius 3 is 2.21 bits per heavy atom. The lowest BCUT2D eigenvalue weighted by atomic mass is 9.85. The molecule has 0 fully saturated rings. The molecule has 0 aliphatic rings. The Balaban J connectivity index is 2.61. The second kappa shape index (κ2) is 4.94. The first kappa shape index (κ1) is 13.4. The lowest BCUT2D eigenvalue weighted by Gasteiger charge is -2.22. The molecular formula is C16H19NO2. The molecule has 2 aromatic carbocycles. The van der Waals surface area contributed by atoms with Gasteiger partial charge >= 0.3 is 0 Å². The van der Waals surface area contributed by atoms with Gasteiger partial charge in [0.1, 0.15) is 5.75 Å². The minimum Gasteiger partial charge on any atom is -0.507 e. The summed E-state index contributed by atoms with van der Waals surface area (Å²) in [6.07, 6.45) is 0. The van der Waals surface area contributed by atoms with E-state index in [-0.39, 0.29) is 11.2 Å². The molecule has 0 aromatic heterocycles. The highest BCUT2D eigenvalue weighted by Gasteiger charge is 2.22. The van der Waals surface area contributed by atoms with E-state index in [0.29, 0.717) is 11.3 Å². The molecule has 2 aromatic rings. The van der Waals surface area contributed by atoms with E-state index < -0.39 is 0 Å². The predicted molar refractivity (Wildman–Crippen MR) is 77.1 cm³/mol. The van der Waals surface area contributed by atoms with Gasteiger partial charge in [-0.25, -0.2) is 0 Å². The molecule has 0 aliphatic heterocycles. The van der Waals surface area contributed by atoms with Crippen LogP contribution in [0.15, 0.2) is 42.5 Å². The van der Waals surface area contributed by atoms with Crippen molar-refractivity contribution in [2.75, 3.05) is 0 Å². The van der Waals surface area contributed by atoms with Crippen LogP contribution in [-0.2, 0) is 5.41 Å². The molecule has 0 radical (unpaired) electrons. The number of hydrogen-bond acceptors (Lipinski definition) is 3. The van der Waals surface area contributed by atoms with E-state index in [1.807, 2.05) is 51.1 Å². The first-order chi connectivity index (χ1) is 8.93. The molecule has 3 heteroatoms. The molecule has 0 bridgehead atoms. The van der Waals surface area contributed by atoms with Crippen molar-refractivity contribution in [1.82, 2.24) is 0 Å². The van der Waals surface area contributed by atoms with Crippen molar-refractivity contribution < 1.29 is 9.94 Å². The Labute approximate surface area is 113 Å². The summed E-state index contributed by atoms with van der Waals surface area (Å²) in [6.45, 7) is 6.14. The van der Waals surface area contributed by atoms with Crippen LogP contribution < -0.4 is 10.7 Å². The molecule has 3 nitrogen and oxygen atoms in total. The highest BCUT2D eigenvalue weighted by atomic mass is 16.6. The molecule has 0 aliphatic carbocycles. The normalized spacial score (nSPS) is 11.4. The quantitative estimate of drug-likeness (QED) is 0.808. The van der Waals surface area contributed by atoms with Crippen LogP contribution >= 0.6 is 0 Å². The van der Waals surface area contributed by atoms with Gasteiger partial charge in [0, 0.05) is 11.1 Å². The van der Waals surface area contributed by atoms with Crippen molar-refractivity contribution in [3.63, 3.8) is 0 Å². The van der Waals surface area contributed by atoms with Gasteiger partial charge in [-0.1, -0.05) is 51.1 Å². The summed E-state index contributed by atoms with van der Waals surface area (Å²) in [4.78, 5) is 4.98. The number of aromatic hydroxyl groups is 1. The molecule has 0 saturated carbocycles. The Hall–Kier alpha value is -2.00. The molecule has 0 unspecified atom stereocenters. The third-order valence-electron chi connectivity index (χ3n) is 3.12. The second-order valence-corrected chi connectivity index (χ2v) is 5.60. The fraction of sp³-hybridized carbons (Fsp3) is 0.250. The topological polar surface area (TPSA) is 55.5 Å². The molecule has 0 saturated heterocycles. The Morgan fingerprint density at radius 2 is 1.68 bits per heavy atom. The predicted octanol–water partition coefficient (Wildman–Crippen LogP) is 3.61. The molecule has 100 valence electrons. The van der Waals surface area contributed by atoms with E-state index in [2.05, 4.69) is 0 Å². The summed E-state index contributed by atoms with van der Waals surface area (Å²) >= 11 is 0. The maximum Gasteiger partial charge on any atom is 0.151 e. The average Bonchev–Trinajstić information content (AvgIpc) is 2.38. The zero-order valence-electron chi connectivity index (χ0n) is 11.5.